The van der Waals surface area contributed by atoms with Crippen molar-refractivity contribution in [3.05, 3.63) is 0 Å². The summed E-state index contributed by atoms with van der Waals surface area (Å²) in [6.45, 7) is 0. The van der Waals surface area contributed by atoms with Gasteiger partial charge in [0.05, 0.1) is 0 Å². The molecular formula is H5B2FO5. The molecule has 0 aromatic carbocycles. The average Bonchev–Trinajstić information content (AvgIpc) is 1.27. The number of hydrogen-bond acceptors (Lipinski definition) is 5. The van der Waals surface area contributed by atoms with E-state index in [1.807, 2.05) is 0 Å². The van der Waals surface area contributed by atoms with Gasteiger partial charge in [0.2, 0.25) is 0 Å². The van der Waals surface area contributed by atoms with Gasteiger partial charge in [-0.1, -0.05) is 0 Å². The van der Waals surface area contributed by atoms with E-state index in [2.05, 4.69) is 4.57 Å². The second-order valence-electron chi connectivity index (χ2n) is 0.789. The first-order valence-electron chi connectivity index (χ1n) is 1.50. The molecule has 0 aliphatic heterocycles. The Bertz CT molecular complexity index is 39.7. The highest BCUT2D eigenvalue weighted by Crippen LogP contribution is 1.73. The van der Waals surface area contributed by atoms with Crippen molar-refractivity contribution in [3.63, 3.8) is 0 Å². The van der Waals surface area contributed by atoms with E-state index in [9.17, 15) is 0 Å². The molecule has 4 N–H and O–H groups in total. The summed E-state index contributed by atoms with van der Waals surface area (Å²) in [7, 11) is -4.25. The molecule has 0 aromatic rings. The minimum absolute atomic E-state index is 0. The van der Waals surface area contributed by atoms with E-state index in [-0.39, 0.29) is 4.70 Å². The quantitative estimate of drug-likeness (QED) is 0.297. The van der Waals surface area contributed by atoms with Gasteiger partial charge >= 0.3 is 14.6 Å². The van der Waals surface area contributed by atoms with Gasteiger partial charge in [0.25, 0.3) is 0 Å². The highest BCUT2D eigenvalue weighted by Gasteiger charge is 2.18. The van der Waals surface area contributed by atoms with Gasteiger partial charge in [-0.2, -0.15) is 0 Å². The fourth-order valence-corrected chi connectivity index (χ4v) is 0.109. The van der Waals surface area contributed by atoms with Crippen molar-refractivity contribution in [2.75, 3.05) is 0 Å². The Morgan fingerprint density at radius 3 is 1.12 bits per heavy atom. The van der Waals surface area contributed by atoms with E-state index in [4.69, 9.17) is 20.1 Å². The maximum atomic E-state index is 7.74. The third-order valence-electron chi connectivity index (χ3n) is 0.243. The molecule has 0 fully saturated rings. The summed E-state index contributed by atoms with van der Waals surface area (Å²) >= 11 is 0. The fourth-order valence-electron chi connectivity index (χ4n) is 0.109. The van der Waals surface area contributed by atoms with Crippen LogP contribution in [0, 0.1) is 0 Å². The highest BCUT2D eigenvalue weighted by atomic mass is 19.0. The van der Waals surface area contributed by atoms with Crippen LogP contribution in [0.1, 0.15) is 0 Å². The van der Waals surface area contributed by atoms with Crippen LogP contribution in [0.2, 0.25) is 0 Å². The normalized spacial score (nSPS) is 7.50. The third kappa shape index (κ3) is 9.29. The lowest BCUT2D eigenvalue weighted by Gasteiger charge is -1.95. The first-order valence-corrected chi connectivity index (χ1v) is 1.50. The van der Waals surface area contributed by atoms with Crippen LogP contribution in [-0.4, -0.2) is 34.7 Å². The Balaban J connectivity index is 0. The van der Waals surface area contributed by atoms with Gasteiger partial charge in [0, 0.05) is 0 Å². The van der Waals surface area contributed by atoms with Crippen molar-refractivity contribution in [2.24, 2.45) is 0 Å². The monoisotopic (exact) mass is 126 g/mol. The van der Waals surface area contributed by atoms with E-state index < -0.39 is 14.6 Å². The summed E-state index contributed by atoms with van der Waals surface area (Å²) in [5.74, 6) is 0. The van der Waals surface area contributed by atoms with Gasteiger partial charge in [-0.3, -0.25) is 4.70 Å². The Labute approximate surface area is 45.2 Å². The molecule has 0 aliphatic rings. The summed E-state index contributed by atoms with van der Waals surface area (Å²) in [6, 6.07) is 0. The number of halogens is 1. The van der Waals surface area contributed by atoms with Crippen molar-refractivity contribution in [1.29, 1.82) is 0 Å². The van der Waals surface area contributed by atoms with Crippen molar-refractivity contribution in [2.45, 2.75) is 0 Å². The molecule has 0 amide bonds. The molecule has 0 saturated carbocycles. The summed E-state index contributed by atoms with van der Waals surface area (Å²) in [4.78, 5) is 0. The van der Waals surface area contributed by atoms with E-state index in [1.54, 1.807) is 0 Å². The van der Waals surface area contributed by atoms with Crippen LogP contribution in [-0.2, 0) is 4.57 Å². The zero-order chi connectivity index (χ0) is 5.86. The molecule has 0 unspecified atom stereocenters. The lowest BCUT2D eigenvalue weighted by molar-refractivity contribution is 0.213. The minimum Gasteiger partial charge on any atom is -0.402 e. The van der Waals surface area contributed by atoms with Crippen LogP contribution in [0.4, 0.5) is 4.70 Å². The summed E-state index contributed by atoms with van der Waals surface area (Å²) in [5, 5.41) is 30.9. The Morgan fingerprint density at radius 1 is 0.875 bits per heavy atom. The number of rotatable bonds is 2. The molecule has 0 radical (unpaired) electrons. The van der Waals surface area contributed by atoms with Crippen molar-refractivity contribution in [1.82, 2.24) is 0 Å². The standard InChI is InChI=1S/B2H4O5.FH/c3-1(4)7-2(5)6;/h3-6H;1H. The lowest BCUT2D eigenvalue weighted by Crippen LogP contribution is -2.28. The van der Waals surface area contributed by atoms with Crippen LogP contribution in [0.3, 0.4) is 0 Å². The highest BCUT2D eigenvalue weighted by molar-refractivity contribution is 6.48. The molecule has 5 nitrogen and oxygen atoms in total. The molecule has 48 valence electrons. The van der Waals surface area contributed by atoms with Crippen LogP contribution in [0.5, 0.6) is 0 Å². The largest absolute Gasteiger partial charge is 0.621 e. The van der Waals surface area contributed by atoms with Crippen LogP contribution >= 0.6 is 0 Å². The molecule has 0 bridgehead atoms. The predicted molar refractivity (Wildman–Crippen MR) is 24.0 cm³/mol. The van der Waals surface area contributed by atoms with Gasteiger partial charge in [0.15, 0.2) is 0 Å². The van der Waals surface area contributed by atoms with Crippen LogP contribution in [0.25, 0.3) is 0 Å². The third-order valence-corrected chi connectivity index (χ3v) is 0.243. The zero-order valence-electron chi connectivity index (χ0n) is 3.76. The van der Waals surface area contributed by atoms with E-state index in [1.165, 1.54) is 0 Å². The Kier molecular flexibility index (Phi) is 6.74. The Hall–Kier alpha value is -0.140. The molecule has 0 saturated heterocycles. The van der Waals surface area contributed by atoms with Gasteiger partial charge < -0.3 is 24.7 Å². The molecule has 0 aliphatic carbocycles. The lowest BCUT2D eigenvalue weighted by atomic mass is 10.1. The van der Waals surface area contributed by atoms with Crippen molar-refractivity contribution < 1.29 is 29.4 Å². The van der Waals surface area contributed by atoms with Crippen LogP contribution < -0.4 is 0 Å². The fraction of sp³-hybridized carbons (Fsp3) is 0. The second kappa shape index (κ2) is 5.01. The molecule has 8 heteroatoms. The summed E-state index contributed by atoms with van der Waals surface area (Å²) < 4.78 is 3.47. The maximum absolute atomic E-state index is 7.74. The zero-order valence-corrected chi connectivity index (χ0v) is 3.76. The molecular weight excluding hydrogens is 121 g/mol. The van der Waals surface area contributed by atoms with Gasteiger partial charge in [-0.25, -0.2) is 0 Å². The van der Waals surface area contributed by atoms with Gasteiger partial charge in [0.1, 0.15) is 0 Å². The molecule has 0 atom stereocenters. The minimum atomic E-state index is -2.13. The SMILES string of the molecule is F.OB(O)OB(O)O. The van der Waals surface area contributed by atoms with Crippen LogP contribution in [0.15, 0.2) is 0 Å². The van der Waals surface area contributed by atoms with Gasteiger partial charge in [-0.05, 0) is 0 Å². The Morgan fingerprint density at radius 2 is 1.12 bits per heavy atom. The first kappa shape index (κ1) is 10.8. The molecule has 0 aromatic heterocycles. The van der Waals surface area contributed by atoms with Crippen molar-refractivity contribution >= 4 is 14.6 Å². The van der Waals surface area contributed by atoms with E-state index in [0.717, 1.165) is 0 Å². The second-order valence-corrected chi connectivity index (χ2v) is 0.789. The van der Waals surface area contributed by atoms with E-state index in [0.29, 0.717) is 0 Å². The van der Waals surface area contributed by atoms with E-state index >= 15 is 0 Å². The van der Waals surface area contributed by atoms with Gasteiger partial charge in [-0.15, -0.1) is 0 Å². The van der Waals surface area contributed by atoms with Crippen molar-refractivity contribution in [3.8, 4) is 0 Å². The summed E-state index contributed by atoms with van der Waals surface area (Å²) in [6.07, 6.45) is 0. The topological polar surface area (TPSA) is 90.2 Å². The smallest absolute Gasteiger partial charge is 0.402 e. The molecule has 0 spiro atoms. The predicted octanol–water partition coefficient (Wildman–Crippen LogP) is -2.91. The summed E-state index contributed by atoms with van der Waals surface area (Å²) in [5.41, 5.74) is 0. The maximum Gasteiger partial charge on any atom is 0.621 e. The molecule has 8 heavy (non-hydrogen) atoms. The number of hydrogen-bond donors (Lipinski definition) is 4. The first-order chi connectivity index (χ1) is 3.13. The molecule has 0 rings (SSSR count). The average molecular weight is 126 g/mol. The molecule has 0 heterocycles.